The molecule has 0 atom stereocenters. The van der Waals surface area contributed by atoms with Crippen molar-refractivity contribution in [1.29, 1.82) is 0 Å². The van der Waals surface area contributed by atoms with Crippen molar-refractivity contribution in [1.82, 2.24) is 4.90 Å². The highest BCUT2D eigenvalue weighted by Crippen LogP contribution is 2.17. The van der Waals surface area contributed by atoms with Gasteiger partial charge in [0.05, 0.1) is 5.92 Å². The summed E-state index contributed by atoms with van der Waals surface area (Å²) in [7, 11) is 1.47. The van der Waals surface area contributed by atoms with Gasteiger partial charge < -0.3 is 14.7 Å². The summed E-state index contributed by atoms with van der Waals surface area (Å²) in [6.07, 6.45) is 1.09. The standard InChI is InChI=1S/C9H15NO4/c1-14-6-8(11)10-4-2-7(3-5-10)9(12)13/h7H,2-6H2,1H3,(H,12,13). The van der Waals surface area contributed by atoms with E-state index in [0.29, 0.717) is 25.9 Å². The van der Waals surface area contributed by atoms with Gasteiger partial charge in [-0.15, -0.1) is 0 Å². The highest BCUT2D eigenvalue weighted by atomic mass is 16.5. The maximum atomic E-state index is 11.3. The molecule has 0 aromatic rings. The number of hydrogen-bond acceptors (Lipinski definition) is 3. The van der Waals surface area contributed by atoms with E-state index in [4.69, 9.17) is 9.84 Å². The summed E-state index contributed by atoms with van der Waals surface area (Å²) in [5.41, 5.74) is 0. The third-order valence-corrected chi connectivity index (χ3v) is 2.46. The van der Waals surface area contributed by atoms with Gasteiger partial charge in [0.15, 0.2) is 0 Å². The van der Waals surface area contributed by atoms with E-state index >= 15 is 0 Å². The van der Waals surface area contributed by atoms with Crippen LogP contribution in [0.1, 0.15) is 12.8 Å². The zero-order valence-corrected chi connectivity index (χ0v) is 8.23. The highest BCUT2D eigenvalue weighted by Gasteiger charge is 2.26. The van der Waals surface area contributed by atoms with Gasteiger partial charge in [0, 0.05) is 20.2 Å². The second-order valence-electron chi connectivity index (χ2n) is 3.43. The smallest absolute Gasteiger partial charge is 0.306 e. The number of rotatable bonds is 3. The van der Waals surface area contributed by atoms with Crippen LogP contribution in [0.3, 0.4) is 0 Å². The van der Waals surface area contributed by atoms with Gasteiger partial charge in [-0.2, -0.15) is 0 Å². The lowest BCUT2D eigenvalue weighted by Gasteiger charge is -2.29. The molecule has 1 saturated heterocycles. The third kappa shape index (κ3) is 2.70. The number of nitrogens with zero attached hydrogens (tertiary/aromatic N) is 1. The number of aliphatic carboxylic acids is 1. The molecule has 1 aliphatic heterocycles. The van der Waals surface area contributed by atoms with Crippen molar-refractivity contribution in [2.24, 2.45) is 5.92 Å². The maximum Gasteiger partial charge on any atom is 0.306 e. The van der Waals surface area contributed by atoms with Gasteiger partial charge in [-0.25, -0.2) is 0 Å². The molecule has 0 aliphatic carbocycles. The molecular weight excluding hydrogens is 186 g/mol. The molecule has 1 aliphatic rings. The fourth-order valence-corrected chi connectivity index (χ4v) is 1.59. The monoisotopic (exact) mass is 201 g/mol. The summed E-state index contributed by atoms with van der Waals surface area (Å²) < 4.78 is 4.72. The predicted molar refractivity (Wildman–Crippen MR) is 48.8 cm³/mol. The van der Waals surface area contributed by atoms with Crippen molar-refractivity contribution >= 4 is 11.9 Å². The zero-order valence-electron chi connectivity index (χ0n) is 8.23. The van der Waals surface area contributed by atoms with Crippen molar-refractivity contribution in [2.75, 3.05) is 26.8 Å². The Kier molecular flexibility index (Phi) is 3.88. The van der Waals surface area contributed by atoms with Crippen LogP contribution in [0.25, 0.3) is 0 Å². The fourth-order valence-electron chi connectivity index (χ4n) is 1.59. The average molecular weight is 201 g/mol. The minimum atomic E-state index is -0.760. The van der Waals surface area contributed by atoms with Gasteiger partial charge in [-0.05, 0) is 12.8 Å². The Bertz CT molecular complexity index is 221. The molecule has 14 heavy (non-hydrogen) atoms. The number of methoxy groups -OCH3 is 1. The van der Waals surface area contributed by atoms with Crippen molar-refractivity contribution in [3.8, 4) is 0 Å². The molecule has 0 unspecified atom stereocenters. The van der Waals surface area contributed by atoms with Gasteiger partial charge in [0.2, 0.25) is 5.91 Å². The van der Waals surface area contributed by atoms with Crippen molar-refractivity contribution < 1.29 is 19.4 Å². The van der Waals surface area contributed by atoms with E-state index in [1.165, 1.54) is 7.11 Å². The summed E-state index contributed by atoms with van der Waals surface area (Å²) in [6, 6.07) is 0. The lowest BCUT2D eigenvalue weighted by atomic mass is 9.97. The molecule has 5 heteroatoms. The first-order chi connectivity index (χ1) is 6.65. The molecule has 80 valence electrons. The van der Waals surface area contributed by atoms with Crippen LogP contribution >= 0.6 is 0 Å². The topological polar surface area (TPSA) is 66.8 Å². The fraction of sp³-hybridized carbons (Fsp3) is 0.778. The first-order valence-electron chi connectivity index (χ1n) is 4.64. The van der Waals surface area contributed by atoms with E-state index < -0.39 is 5.97 Å². The van der Waals surface area contributed by atoms with E-state index in [-0.39, 0.29) is 18.4 Å². The number of hydrogen-bond donors (Lipinski definition) is 1. The number of likely N-dealkylation sites (tertiary alicyclic amines) is 1. The largest absolute Gasteiger partial charge is 0.481 e. The molecule has 0 aromatic heterocycles. The van der Waals surface area contributed by atoms with Crippen molar-refractivity contribution in [3.05, 3.63) is 0 Å². The Labute approximate surface area is 82.6 Å². The Morgan fingerprint density at radius 3 is 2.43 bits per heavy atom. The van der Waals surface area contributed by atoms with E-state index in [1.807, 2.05) is 0 Å². The number of carboxylic acid groups (broad SMARTS) is 1. The number of carbonyl (C=O) groups is 2. The van der Waals surface area contributed by atoms with E-state index in [9.17, 15) is 9.59 Å². The van der Waals surface area contributed by atoms with E-state index in [2.05, 4.69) is 0 Å². The van der Waals surface area contributed by atoms with Crippen LogP contribution in [0.2, 0.25) is 0 Å². The summed E-state index contributed by atoms with van der Waals surface area (Å²) in [5.74, 6) is -1.11. The molecule has 5 nitrogen and oxygen atoms in total. The van der Waals surface area contributed by atoms with Gasteiger partial charge in [0.25, 0.3) is 0 Å². The number of carbonyl (C=O) groups excluding carboxylic acids is 1. The van der Waals surface area contributed by atoms with Gasteiger partial charge >= 0.3 is 5.97 Å². The summed E-state index contributed by atoms with van der Waals surface area (Å²) in [6.45, 7) is 1.13. The molecule has 1 fully saturated rings. The van der Waals surface area contributed by atoms with Crippen LogP contribution < -0.4 is 0 Å². The number of ether oxygens (including phenoxy) is 1. The van der Waals surface area contributed by atoms with Crippen LogP contribution in [0.5, 0.6) is 0 Å². The average Bonchev–Trinajstić information content (AvgIpc) is 2.18. The SMILES string of the molecule is COCC(=O)N1CCC(C(=O)O)CC1. The Hall–Kier alpha value is -1.10. The zero-order chi connectivity index (χ0) is 10.6. The molecule has 1 rings (SSSR count). The van der Waals surface area contributed by atoms with Crippen molar-refractivity contribution in [3.63, 3.8) is 0 Å². The second kappa shape index (κ2) is 4.95. The van der Waals surface area contributed by atoms with Crippen LogP contribution in [-0.2, 0) is 14.3 Å². The molecule has 1 amide bonds. The summed E-state index contributed by atoms with van der Waals surface area (Å²) in [5, 5.41) is 8.74. The molecule has 0 saturated carbocycles. The van der Waals surface area contributed by atoms with E-state index in [1.54, 1.807) is 4.90 Å². The Morgan fingerprint density at radius 1 is 1.43 bits per heavy atom. The van der Waals surface area contributed by atoms with Gasteiger partial charge in [-0.3, -0.25) is 9.59 Å². The molecule has 0 spiro atoms. The first-order valence-corrected chi connectivity index (χ1v) is 4.64. The van der Waals surface area contributed by atoms with Crippen LogP contribution in [0.15, 0.2) is 0 Å². The van der Waals surface area contributed by atoms with Crippen LogP contribution in [-0.4, -0.2) is 48.7 Å². The molecule has 1 N–H and O–H groups in total. The lowest BCUT2D eigenvalue weighted by Crippen LogP contribution is -2.41. The number of amides is 1. The maximum absolute atomic E-state index is 11.3. The quantitative estimate of drug-likeness (QED) is 0.695. The molecular formula is C9H15NO4. The van der Waals surface area contributed by atoms with Gasteiger partial charge in [-0.1, -0.05) is 0 Å². The normalized spacial score (nSPS) is 18.2. The first kappa shape index (κ1) is 11.0. The van der Waals surface area contributed by atoms with Crippen molar-refractivity contribution in [2.45, 2.75) is 12.8 Å². The molecule has 0 radical (unpaired) electrons. The summed E-state index contributed by atoms with van der Waals surface area (Å²) >= 11 is 0. The van der Waals surface area contributed by atoms with Crippen LogP contribution in [0.4, 0.5) is 0 Å². The summed E-state index contributed by atoms with van der Waals surface area (Å²) in [4.78, 5) is 23.6. The lowest BCUT2D eigenvalue weighted by molar-refractivity contribution is -0.146. The third-order valence-electron chi connectivity index (χ3n) is 2.46. The Morgan fingerprint density at radius 2 is 2.00 bits per heavy atom. The van der Waals surface area contributed by atoms with E-state index in [0.717, 1.165) is 0 Å². The second-order valence-corrected chi connectivity index (χ2v) is 3.43. The van der Waals surface area contributed by atoms with Crippen LogP contribution in [0, 0.1) is 5.92 Å². The predicted octanol–water partition coefficient (Wildman–Crippen LogP) is -0.0440. The molecule has 0 aromatic carbocycles. The molecule has 0 bridgehead atoms. The van der Waals surface area contributed by atoms with Gasteiger partial charge in [0.1, 0.15) is 6.61 Å². The highest BCUT2D eigenvalue weighted by molar-refractivity contribution is 5.78. The number of carboxylic acids is 1. The Balaban J connectivity index is 2.35. The number of piperidine rings is 1. The molecule has 1 heterocycles. The minimum absolute atomic E-state index is 0.0589. The minimum Gasteiger partial charge on any atom is -0.481 e.